The first-order valence-electron chi connectivity index (χ1n) is 7.65. The van der Waals surface area contributed by atoms with E-state index < -0.39 is 0 Å². The lowest BCUT2D eigenvalue weighted by atomic mass is 9.68. The first-order chi connectivity index (χ1) is 8.51. The van der Waals surface area contributed by atoms with Crippen LogP contribution in [0.4, 0.5) is 0 Å². The monoisotopic (exact) mass is 255 g/mol. The SMILES string of the molecule is CCC(CC)C(NN)C1(N(C)C)CCC(C)CC1. The zero-order chi connectivity index (χ0) is 13.8. The van der Waals surface area contributed by atoms with Crippen LogP contribution in [0.15, 0.2) is 0 Å². The van der Waals surface area contributed by atoms with Crippen molar-refractivity contribution in [1.29, 1.82) is 0 Å². The summed E-state index contributed by atoms with van der Waals surface area (Å²) < 4.78 is 0. The van der Waals surface area contributed by atoms with Crippen LogP contribution in [0.25, 0.3) is 0 Å². The smallest absolute Gasteiger partial charge is 0.0422 e. The summed E-state index contributed by atoms with van der Waals surface area (Å²) in [5.74, 6) is 7.48. The Labute approximate surface area is 113 Å². The van der Waals surface area contributed by atoms with Crippen LogP contribution in [0.1, 0.15) is 59.3 Å². The minimum Gasteiger partial charge on any atom is -0.302 e. The molecule has 1 rings (SSSR count). The van der Waals surface area contributed by atoms with Crippen LogP contribution >= 0.6 is 0 Å². The van der Waals surface area contributed by atoms with Crippen LogP contribution in [0.5, 0.6) is 0 Å². The van der Waals surface area contributed by atoms with Crippen molar-refractivity contribution in [3.8, 4) is 0 Å². The second-order valence-corrected chi connectivity index (χ2v) is 6.40. The van der Waals surface area contributed by atoms with Crippen molar-refractivity contribution in [2.75, 3.05) is 14.1 Å². The number of rotatable bonds is 6. The van der Waals surface area contributed by atoms with Gasteiger partial charge in [0.1, 0.15) is 0 Å². The molecule has 0 aromatic heterocycles. The van der Waals surface area contributed by atoms with E-state index in [0.717, 1.165) is 5.92 Å². The fraction of sp³-hybridized carbons (Fsp3) is 1.00. The van der Waals surface area contributed by atoms with E-state index in [1.165, 1.54) is 38.5 Å². The zero-order valence-corrected chi connectivity index (χ0v) is 13.0. The van der Waals surface area contributed by atoms with Crippen LogP contribution in [-0.4, -0.2) is 30.6 Å². The lowest BCUT2D eigenvalue weighted by molar-refractivity contribution is 0.0192. The highest BCUT2D eigenvalue weighted by molar-refractivity contribution is 5.02. The van der Waals surface area contributed by atoms with Crippen molar-refractivity contribution in [3.05, 3.63) is 0 Å². The Morgan fingerprint density at radius 1 is 1.22 bits per heavy atom. The third-order valence-electron chi connectivity index (χ3n) is 5.31. The van der Waals surface area contributed by atoms with Gasteiger partial charge in [-0.2, -0.15) is 0 Å². The molecule has 0 bridgehead atoms. The maximum absolute atomic E-state index is 5.94. The predicted octanol–water partition coefficient (Wildman–Crippen LogP) is 2.77. The summed E-state index contributed by atoms with van der Waals surface area (Å²) >= 11 is 0. The Kier molecular flexibility index (Phi) is 6.09. The van der Waals surface area contributed by atoms with Gasteiger partial charge in [-0.25, -0.2) is 0 Å². The number of nitrogens with zero attached hydrogens (tertiary/aromatic N) is 1. The molecule has 0 amide bonds. The van der Waals surface area contributed by atoms with Crippen molar-refractivity contribution in [2.45, 2.75) is 70.9 Å². The van der Waals surface area contributed by atoms with Gasteiger partial charge < -0.3 is 4.90 Å². The molecule has 0 aromatic carbocycles. The molecule has 18 heavy (non-hydrogen) atoms. The standard InChI is InChI=1S/C15H33N3/c1-6-13(7-2)14(17-16)15(18(4)5)10-8-12(3)9-11-15/h12-14,17H,6-11,16H2,1-5H3. The topological polar surface area (TPSA) is 41.3 Å². The van der Waals surface area contributed by atoms with Crippen LogP contribution in [0, 0.1) is 11.8 Å². The quantitative estimate of drug-likeness (QED) is 0.566. The molecule has 3 N–H and O–H groups in total. The normalized spacial score (nSPS) is 31.0. The number of hydrogen-bond acceptors (Lipinski definition) is 3. The van der Waals surface area contributed by atoms with Gasteiger partial charge in [-0.15, -0.1) is 0 Å². The summed E-state index contributed by atoms with van der Waals surface area (Å²) in [6, 6.07) is 0.412. The molecule has 0 spiro atoms. The molecule has 1 aliphatic rings. The number of likely N-dealkylation sites (N-methyl/N-ethyl adjacent to an activating group) is 1. The molecule has 0 saturated heterocycles. The minimum absolute atomic E-state index is 0.248. The summed E-state index contributed by atoms with van der Waals surface area (Å²) in [6.07, 6.45) is 7.61. The number of hydrogen-bond donors (Lipinski definition) is 2. The van der Waals surface area contributed by atoms with Crippen molar-refractivity contribution in [1.82, 2.24) is 10.3 Å². The molecule has 1 atom stereocenters. The third-order valence-corrected chi connectivity index (χ3v) is 5.31. The lowest BCUT2D eigenvalue weighted by Gasteiger charge is -2.51. The van der Waals surface area contributed by atoms with Gasteiger partial charge in [0.2, 0.25) is 0 Å². The van der Waals surface area contributed by atoms with E-state index in [-0.39, 0.29) is 5.54 Å². The summed E-state index contributed by atoms with van der Waals surface area (Å²) in [7, 11) is 4.45. The lowest BCUT2D eigenvalue weighted by Crippen LogP contribution is -2.64. The molecule has 0 radical (unpaired) electrons. The number of nitrogens with two attached hydrogens (primary N) is 1. The number of hydrazine groups is 1. The second kappa shape index (κ2) is 6.88. The molecule has 0 aliphatic heterocycles. The van der Waals surface area contributed by atoms with E-state index in [0.29, 0.717) is 12.0 Å². The van der Waals surface area contributed by atoms with Crippen LogP contribution < -0.4 is 11.3 Å². The highest BCUT2D eigenvalue weighted by atomic mass is 15.3. The van der Waals surface area contributed by atoms with Gasteiger partial charge in [0.15, 0.2) is 0 Å². The molecular weight excluding hydrogens is 222 g/mol. The molecule has 1 aliphatic carbocycles. The molecule has 108 valence electrons. The maximum Gasteiger partial charge on any atom is 0.0422 e. The summed E-state index contributed by atoms with van der Waals surface area (Å²) in [4.78, 5) is 2.43. The van der Waals surface area contributed by atoms with Crippen molar-refractivity contribution in [2.24, 2.45) is 17.7 Å². The largest absolute Gasteiger partial charge is 0.302 e. The minimum atomic E-state index is 0.248. The Bertz CT molecular complexity index is 228. The molecule has 3 nitrogen and oxygen atoms in total. The average Bonchev–Trinajstić information content (AvgIpc) is 2.37. The Morgan fingerprint density at radius 2 is 1.72 bits per heavy atom. The maximum atomic E-state index is 5.94. The fourth-order valence-electron chi connectivity index (χ4n) is 3.79. The van der Waals surface area contributed by atoms with Crippen molar-refractivity contribution >= 4 is 0 Å². The molecule has 1 fully saturated rings. The van der Waals surface area contributed by atoms with E-state index in [1.54, 1.807) is 0 Å². The van der Waals surface area contributed by atoms with Gasteiger partial charge in [-0.1, -0.05) is 33.6 Å². The molecule has 1 unspecified atom stereocenters. The Hall–Kier alpha value is -0.120. The van der Waals surface area contributed by atoms with E-state index in [4.69, 9.17) is 5.84 Å². The highest BCUT2D eigenvalue weighted by Crippen LogP contribution is 2.40. The van der Waals surface area contributed by atoms with Crippen LogP contribution in [0.2, 0.25) is 0 Å². The Balaban J connectivity index is 2.94. The van der Waals surface area contributed by atoms with Gasteiger partial charge in [-0.05, 0) is 51.6 Å². The number of nitrogens with one attached hydrogen (secondary N) is 1. The van der Waals surface area contributed by atoms with Gasteiger partial charge in [0, 0.05) is 11.6 Å². The Morgan fingerprint density at radius 3 is 2.06 bits per heavy atom. The van der Waals surface area contributed by atoms with Crippen LogP contribution in [-0.2, 0) is 0 Å². The van der Waals surface area contributed by atoms with E-state index in [2.05, 4.69) is 45.2 Å². The second-order valence-electron chi connectivity index (χ2n) is 6.40. The predicted molar refractivity (Wildman–Crippen MR) is 79.2 cm³/mol. The molecule has 1 saturated carbocycles. The van der Waals surface area contributed by atoms with E-state index in [9.17, 15) is 0 Å². The van der Waals surface area contributed by atoms with Crippen molar-refractivity contribution < 1.29 is 0 Å². The molecule has 0 aromatic rings. The first kappa shape index (κ1) is 15.9. The average molecular weight is 255 g/mol. The van der Waals surface area contributed by atoms with E-state index >= 15 is 0 Å². The third kappa shape index (κ3) is 3.06. The summed E-state index contributed by atoms with van der Waals surface area (Å²) in [6.45, 7) is 6.95. The molecule has 3 heteroatoms. The van der Waals surface area contributed by atoms with Crippen molar-refractivity contribution in [3.63, 3.8) is 0 Å². The van der Waals surface area contributed by atoms with E-state index in [1.807, 2.05) is 0 Å². The first-order valence-corrected chi connectivity index (χ1v) is 7.65. The highest BCUT2D eigenvalue weighted by Gasteiger charge is 2.44. The van der Waals surface area contributed by atoms with Gasteiger partial charge >= 0.3 is 0 Å². The van der Waals surface area contributed by atoms with Gasteiger partial charge in [-0.3, -0.25) is 11.3 Å². The zero-order valence-electron chi connectivity index (χ0n) is 13.0. The van der Waals surface area contributed by atoms with Crippen LogP contribution in [0.3, 0.4) is 0 Å². The molecular formula is C15H33N3. The fourth-order valence-corrected chi connectivity index (χ4v) is 3.79. The summed E-state index contributed by atoms with van der Waals surface area (Å²) in [5, 5.41) is 0. The summed E-state index contributed by atoms with van der Waals surface area (Å²) in [5.41, 5.74) is 3.42. The van der Waals surface area contributed by atoms with Gasteiger partial charge in [0.25, 0.3) is 0 Å². The van der Waals surface area contributed by atoms with Gasteiger partial charge in [0.05, 0.1) is 0 Å². The molecule has 0 heterocycles.